The summed E-state index contributed by atoms with van der Waals surface area (Å²) in [7, 11) is 0. The van der Waals surface area contributed by atoms with Crippen molar-refractivity contribution in [2.45, 2.75) is 19.9 Å². The summed E-state index contributed by atoms with van der Waals surface area (Å²) in [6.07, 6.45) is 1.61. The summed E-state index contributed by atoms with van der Waals surface area (Å²) in [6, 6.07) is 2.08. The van der Waals surface area contributed by atoms with Crippen molar-refractivity contribution in [2.24, 2.45) is 0 Å². The Morgan fingerprint density at radius 1 is 1.60 bits per heavy atom. The first-order valence-corrected chi connectivity index (χ1v) is 5.92. The van der Waals surface area contributed by atoms with Gasteiger partial charge in [0.1, 0.15) is 5.82 Å². The molecule has 0 bridgehead atoms. The molecule has 1 rings (SSSR count). The lowest BCUT2D eigenvalue weighted by atomic mass is 10.3. The van der Waals surface area contributed by atoms with Gasteiger partial charge in [-0.3, -0.25) is 0 Å². The maximum absolute atomic E-state index is 8.98. The van der Waals surface area contributed by atoms with Crippen LogP contribution in [-0.4, -0.2) is 29.3 Å². The smallest absolute Gasteiger partial charge is 0.143 e. The molecule has 84 valence electrons. The van der Waals surface area contributed by atoms with Gasteiger partial charge in [-0.1, -0.05) is 11.6 Å². The lowest BCUT2D eigenvalue weighted by Crippen LogP contribution is -2.34. The molecular formula is C10H14BrClN2O. The monoisotopic (exact) mass is 292 g/mol. The standard InChI is InChI=1S/C10H14BrClN2O/c1-7(2)14(3-4-15)10-9(11)5-8(12)6-13-10/h5-7,15H,3-4H2,1-2H3. The molecule has 0 spiro atoms. The summed E-state index contributed by atoms with van der Waals surface area (Å²) in [6.45, 7) is 4.77. The zero-order valence-electron chi connectivity index (χ0n) is 8.74. The van der Waals surface area contributed by atoms with Crippen molar-refractivity contribution in [3.8, 4) is 0 Å². The third-order valence-corrected chi connectivity index (χ3v) is 2.81. The van der Waals surface area contributed by atoms with E-state index in [2.05, 4.69) is 34.8 Å². The molecule has 0 aliphatic carbocycles. The highest BCUT2D eigenvalue weighted by molar-refractivity contribution is 9.10. The quantitative estimate of drug-likeness (QED) is 0.927. The molecule has 1 heterocycles. The third kappa shape index (κ3) is 3.33. The minimum Gasteiger partial charge on any atom is -0.395 e. The van der Waals surface area contributed by atoms with Crippen molar-refractivity contribution >= 4 is 33.3 Å². The second-order valence-electron chi connectivity index (χ2n) is 3.47. The van der Waals surface area contributed by atoms with Gasteiger partial charge >= 0.3 is 0 Å². The number of aliphatic hydroxyl groups is 1. The van der Waals surface area contributed by atoms with Crippen LogP contribution in [-0.2, 0) is 0 Å². The topological polar surface area (TPSA) is 36.4 Å². The first-order chi connectivity index (χ1) is 7.06. The van der Waals surface area contributed by atoms with E-state index in [-0.39, 0.29) is 12.6 Å². The van der Waals surface area contributed by atoms with Gasteiger partial charge in [-0.05, 0) is 35.8 Å². The Morgan fingerprint density at radius 2 is 2.27 bits per heavy atom. The van der Waals surface area contributed by atoms with Crippen molar-refractivity contribution in [2.75, 3.05) is 18.1 Å². The predicted octanol–water partition coefficient (Wildman–Crippen LogP) is 2.70. The molecule has 1 aromatic heterocycles. The zero-order valence-corrected chi connectivity index (χ0v) is 11.1. The summed E-state index contributed by atoms with van der Waals surface area (Å²) in [4.78, 5) is 6.27. The van der Waals surface area contributed by atoms with Crippen LogP contribution in [0.3, 0.4) is 0 Å². The van der Waals surface area contributed by atoms with Crippen LogP contribution in [0.15, 0.2) is 16.7 Å². The van der Waals surface area contributed by atoms with E-state index in [0.29, 0.717) is 11.6 Å². The van der Waals surface area contributed by atoms with E-state index in [1.165, 1.54) is 0 Å². The zero-order chi connectivity index (χ0) is 11.4. The molecule has 0 fully saturated rings. The summed E-state index contributed by atoms with van der Waals surface area (Å²) < 4.78 is 0.845. The van der Waals surface area contributed by atoms with Crippen molar-refractivity contribution in [1.82, 2.24) is 4.98 Å². The van der Waals surface area contributed by atoms with Gasteiger partial charge in [0.25, 0.3) is 0 Å². The highest BCUT2D eigenvalue weighted by Gasteiger charge is 2.14. The lowest BCUT2D eigenvalue weighted by molar-refractivity contribution is 0.298. The van der Waals surface area contributed by atoms with Crippen LogP contribution in [0.1, 0.15) is 13.8 Å². The number of halogens is 2. The van der Waals surface area contributed by atoms with Gasteiger partial charge in [0.05, 0.1) is 16.1 Å². The summed E-state index contributed by atoms with van der Waals surface area (Å²) in [5.74, 6) is 0.809. The van der Waals surface area contributed by atoms with E-state index in [4.69, 9.17) is 16.7 Å². The van der Waals surface area contributed by atoms with Crippen LogP contribution < -0.4 is 4.90 Å². The molecule has 0 amide bonds. The van der Waals surface area contributed by atoms with Gasteiger partial charge in [0.15, 0.2) is 0 Å². The number of pyridine rings is 1. The number of nitrogens with zero attached hydrogens (tertiary/aromatic N) is 2. The number of hydrogen-bond donors (Lipinski definition) is 1. The second kappa shape index (κ2) is 5.68. The van der Waals surface area contributed by atoms with Gasteiger partial charge in [0, 0.05) is 18.8 Å². The SMILES string of the molecule is CC(C)N(CCO)c1ncc(Cl)cc1Br. The Morgan fingerprint density at radius 3 is 2.73 bits per heavy atom. The van der Waals surface area contributed by atoms with Crippen LogP contribution in [0, 0.1) is 0 Å². The maximum Gasteiger partial charge on any atom is 0.143 e. The van der Waals surface area contributed by atoms with E-state index >= 15 is 0 Å². The number of aliphatic hydroxyl groups excluding tert-OH is 1. The van der Waals surface area contributed by atoms with E-state index in [1.807, 2.05) is 4.90 Å². The van der Waals surface area contributed by atoms with E-state index < -0.39 is 0 Å². The van der Waals surface area contributed by atoms with E-state index in [0.717, 1.165) is 10.3 Å². The fourth-order valence-electron chi connectivity index (χ4n) is 1.34. The molecule has 0 aliphatic rings. The van der Waals surface area contributed by atoms with Gasteiger partial charge < -0.3 is 10.0 Å². The summed E-state index contributed by atoms with van der Waals surface area (Å²) in [5.41, 5.74) is 0. The molecule has 1 N–H and O–H groups in total. The third-order valence-electron chi connectivity index (χ3n) is 2.02. The molecule has 0 aliphatic heterocycles. The maximum atomic E-state index is 8.98. The van der Waals surface area contributed by atoms with Gasteiger partial charge in [-0.2, -0.15) is 0 Å². The van der Waals surface area contributed by atoms with Crippen molar-refractivity contribution in [3.63, 3.8) is 0 Å². The number of aromatic nitrogens is 1. The van der Waals surface area contributed by atoms with Crippen LogP contribution in [0.4, 0.5) is 5.82 Å². The lowest BCUT2D eigenvalue weighted by Gasteiger charge is -2.27. The molecule has 0 saturated heterocycles. The van der Waals surface area contributed by atoms with Gasteiger partial charge in [0.2, 0.25) is 0 Å². The Hall–Kier alpha value is -0.320. The minimum absolute atomic E-state index is 0.106. The largest absolute Gasteiger partial charge is 0.395 e. The molecule has 0 aromatic carbocycles. The molecule has 0 radical (unpaired) electrons. The molecule has 0 saturated carbocycles. The van der Waals surface area contributed by atoms with Crippen LogP contribution in [0.25, 0.3) is 0 Å². The molecule has 5 heteroatoms. The molecular weight excluding hydrogens is 279 g/mol. The molecule has 3 nitrogen and oxygen atoms in total. The van der Waals surface area contributed by atoms with Crippen LogP contribution in [0.5, 0.6) is 0 Å². The average Bonchev–Trinajstić information content (AvgIpc) is 2.15. The van der Waals surface area contributed by atoms with Crippen molar-refractivity contribution < 1.29 is 5.11 Å². The Balaban J connectivity index is 3.00. The predicted molar refractivity (Wildman–Crippen MR) is 66.5 cm³/mol. The average molecular weight is 294 g/mol. The summed E-state index contributed by atoms with van der Waals surface area (Å²) in [5, 5.41) is 9.58. The Labute approximate surface area is 103 Å². The van der Waals surface area contributed by atoms with Gasteiger partial charge in [-0.25, -0.2) is 4.98 Å². The number of anilines is 1. The highest BCUT2D eigenvalue weighted by Crippen LogP contribution is 2.27. The molecule has 15 heavy (non-hydrogen) atoms. The van der Waals surface area contributed by atoms with E-state index in [1.54, 1.807) is 12.3 Å². The first-order valence-electron chi connectivity index (χ1n) is 4.74. The molecule has 1 aromatic rings. The number of rotatable bonds is 4. The van der Waals surface area contributed by atoms with Crippen molar-refractivity contribution in [3.05, 3.63) is 21.8 Å². The van der Waals surface area contributed by atoms with E-state index in [9.17, 15) is 0 Å². The highest BCUT2D eigenvalue weighted by atomic mass is 79.9. The fourth-order valence-corrected chi connectivity index (χ4v) is 2.20. The van der Waals surface area contributed by atoms with Gasteiger partial charge in [-0.15, -0.1) is 0 Å². The Kier molecular flexibility index (Phi) is 4.83. The minimum atomic E-state index is 0.106. The molecule has 0 atom stereocenters. The number of hydrogen-bond acceptors (Lipinski definition) is 3. The normalized spacial score (nSPS) is 10.8. The van der Waals surface area contributed by atoms with Crippen molar-refractivity contribution in [1.29, 1.82) is 0 Å². The fraction of sp³-hybridized carbons (Fsp3) is 0.500. The second-order valence-corrected chi connectivity index (χ2v) is 4.76. The summed E-state index contributed by atoms with van der Waals surface area (Å²) >= 11 is 9.23. The van der Waals surface area contributed by atoms with Crippen LogP contribution >= 0.6 is 27.5 Å². The Bertz CT molecular complexity index is 333. The van der Waals surface area contributed by atoms with Crippen LogP contribution in [0.2, 0.25) is 5.02 Å². The first kappa shape index (κ1) is 12.7. The molecule has 0 unspecified atom stereocenters.